The molecule has 110 valence electrons. The van der Waals surface area contributed by atoms with Crippen LogP contribution in [0.25, 0.3) is 0 Å². The van der Waals surface area contributed by atoms with E-state index >= 15 is 0 Å². The molecule has 1 aromatic rings. The molecule has 1 heterocycles. The zero-order chi connectivity index (χ0) is 14.0. The lowest BCUT2D eigenvalue weighted by atomic mass is 9.90. The van der Waals surface area contributed by atoms with Crippen molar-refractivity contribution in [2.75, 3.05) is 26.3 Å². The molecule has 1 saturated carbocycles. The Bertz CT molecular complexity index is 439. The average Bonchev–Trinajstić information content (AvgIpc) is 2.98. The molecule has 1 aliphatic carbocycles. The second-order valence-electron chi connectivity index (χ2n) is 6.06. The van der Waals surface area contributed by atoms with E-state index < -0.39 is 5.54 Å². The maximum absolute atomic E-state index is 9.83. The van der Waals surface area contributed by atoms with E-state index in [1.165, 1.54) is 12.8 Å². The third-order valence-corrected chi connectivity index (χ3v) is 4.71. The summed E-state index contributed by atoms with van der Waals surface area (Å²) in [6.45, 7) is 2.34. The molecule has 3 unspecified atom stereocenters. The highest BCUT2D eigenvalue weighted by Gasteiger charge is 2.39. The molecular formula is C16H24N2O2. The Hall–Kier alpha value is -0.940. The quantitative estimate of drug-likeness (QED) is 0.864. The van der Waals surface area contributed by atoms with E-state index in [1.807, 2.05) is 30.3 Å². The van der Waals surface area contributed by atoms with Crippen molar-refractivity contribution in [1.29, 1.82) is 0 Å². The van der Waals surface area contributed by atoms with Gasteiger partial charge in [0.05, 0.1) is 24.9 Å². The van der Waals surface area contributed by atoms with Crippen LogP contribution in [0.4, 0.5) is 0 Å². The molecule has 2 fully saturated rings. The van der Waals surface area contributed by atoms with Gasteiger partial charge in [-0.05, 0) is 24.8 Å². The number of nitrogens with zero attached hydrogens (tertiary/aromatic N) is 1. The molecule has 1 aromatic carbocycles. The summed E-state index contributed by atoms with van der Waals surface area (Å²) in [5.74, 6) is 0. The summed E-state index contributed by atoms with van der Waals surface area (Å²) in [4.78, 5) is 2.42. The van der Waals surface area contributed by atoms with Crippen LogP contribution < -0.4 is 5.73 Å². The Morgan fingerprint density at radius 3 is 2.85 bits per heavy atom. The first kappa shape index (κ1) is 14.0. The summed E-state index contributed by atoms with van der Waals surface area (Å²) in [7, 11) is 0. The van der Waals surface area contributed by atoms with E-state index in [9.17, 15) is 5.11 Å². The Balaban J connectivity index is 1.77. The lowest BCUT2D eigenvalue weighted by Crippen LogP contribution is -2.57. The molecule has 3 N–H and O–H groups in total. The standard InChI is InChI=1S/C16H24N2O2/c17-16(12-19,13-5-2-1-3-6-13)11-18-9-10-20-15-8-4-7-14(15)18/h1-3,5-6,14-15,19H,4,7-12,17H2. The van der Waals surface area contributed by atoms with Gasteiger partial charge in [0.2, 0.25) is 0 Å². The lowest BCUT2D eigenvalue weighted by molar-refractivity contribution is -0.0652. The molecule has 0 amide bonds. The number of aliphatic hydroxyl groups is 1. The second-order valence-corrected chi connectivity index (χ2v) is 6.06. The zero-order valence-electron chi connectivity index (χ0n) is 11.9. The van der Waals surface area contributed by atoms with Crippen molar-refractivity contribution in [3.05, 3.63) is 35.9 Å². The van der Waals surface area contributed by atoms with E-state index in [2.05, 4.69) is 4.90 Å². The number of nitrogens with two attached hydrogens (primary N) is 1. The molecule has 20 heavy (non-hydrogen) atoms. The maximum Gasteiger partial charge on any atom is 0.0773 e. The topological polar surface area (TPSA) is 58.7 Å². The summed E-state index contributed by atoms with van der Waals surface area (Å²) in [6, 6.07) is 10.4. The Kier molecular flexibility index (Phi) is 4.08. The molecule has 0 bridgehead atoms. The van der Waals surface area contributed by atoms with Crippen molar-refractivity contribution >= 4 is 0 Å². The number of morpholine rings is 1. The van der Waals surface area contributed by atoms with Gasteiger partial charge in [0.1, 0.15) is 0 Å². The molecular weight excluding hydrogens is 252 g/mol. The normalized spacial score (nSPS) is 29.9. The minimum absolute atomic E-state index is 0.0360. The Morgan fingerprint density at radius 1 is 1.30 bits per heavy atom. The van der Waals surface area contributed by atoms with Gasteiger partial charge in [-0.2, -0.15) is 0 Å². The van der Waals surface area contributed by atoms with Crippen LogP contribution in [-0.2, 0) is 10.3 Å². The monoisotopic (exact) mass is 276 g/mol. The molecule has 0 radical (unpaired) electrons. The van der Waals surface area contributed by atoms with Crippen LogP contribution in [0.3, 0.4) is 0 Å². The number of fused-ring (bicyclic) bond motifs is 1. The zero-order valence-corrected chi connectivity index (χ0v) is 11.9. The van der Waals surface area contributed by atoms with Crippen LogP contribution >= 0.6 is 0 Å². The number of rotatable bonds is 4. The fourth-order valence-corrected chi connectivity index (χ4v) is 3.57. The molecule has 0 aromatic heterocycles. The van der Waals surface area contributed by atoms with E-state index in [0.29, 0.717) is 18.7 Å². The number of benzene rings is 1. The van der Waals surface area contributed by atoms with Gasteiger partial charge in [0.15, 0.2) is 0 Å². The van der Waals surface area contributed by atoms with Crippen molar-refractivity contribution in [3.8, 4) is 0 Å². The predicted octanol–water partition coefficient (Wildman–Crippen LogP) is 1.09. The molecule has 1 saturated heterocycles. The molecule has 3 atom stereocenters. The summed E-state index contributed by atoms with van der Waals surface area (Å²) in [5, 5.41) is 9.83. The molecule has 3 rings (SSSR count). The molecule has 0 spiro atoms. The Morgan fingerprint density at radius 2 is 2.10 bits per heavy atom. The van der Waals surface area contributed by atoms with E-state index in [1.54, 1.807) is 0 Å². The summed E-state index contributed by atoms with van der Waals surface area (Å²) in [5.41, 5.74) is 6.81. The number of aliphatic hydroxyl groups excluding tert-OH is 1. The minimum Gasteiger partial charge on any atom is -0.394 e. The Labute approximate surface area is 120 Å². The molecule has 2 aliphatic rings. The van der Waals surface area contributed by atoms with Crippen LogP contribution in [-0.4, -0.2) is 48.5 Å². The van der Waals surface area contributed by atoms with E-state index in [0.717, 1.165) is 25.1 Å². The fraction of sp³-hybridized carbons (Fsp3) is 0.625. The number of hydrogen-bond acceptors (Lipinski definition) is 4. The van der Waals surface area contributed by atoms with Crippen molar-refractivity contribution in [3.63, 3.8) is 0 Å². The molecule has 4 heteroatoms. The van der Waals surface area contributed by atoms with Gasteiger partial charge in [0.25, 0.3) is 0 Å². The molecule has 1 aliphatic heterocycles. The summed E-state index contributed by atoms with van der Waals surface area (Å²) >= 11 is 0. The van der Waals surface area contributed by atoms with Gasteiger partial charge >= 0.3 is 0 Å². The lowest BCUT2D eigenvalue weighted by Gasteiger charge is -2.42. The fourth-order valence-electron chi connectivity index (χ4n) is 3.57. The first-order chi connectivity index (χ1) is 9.73. The molecule has 4 nitrogen and oxygen atoms in total. The highest BCUT2D eigenvalue weighted by Crippen LogP contribution is 2.31. The second kappa shape index (κ2) is 5.82. The van der Waals surface area contributed by atoms with Crippen LogP contribution in [0.1, 0.15) is 24.8 Å². The van der Waals surface area contributed by atoms with E-state index in [4.69, 9.17) is 10.5 Å². The number of hydrogen-bond donors (Lipinski definition) is 2. The summed E-state index contributed by atoms with van der Waals surface area (Å²) in [6.07, 6.45) is 3.93. The van der Waals surface area contributed by atoms with Crippen molar-refractivity contribution in [2.45, 2.75) is 36.9 Å². The van der Waals surface area contributed by atoms with Gasteiger partial charge in [-0.1, -0.05) is 30.3 Å². The first-order valence-electron chi connectivity index (χ1n) is 7.54. The highest BCUT2D eigenvalue weighted by molar-refractivity contribution is 5.25. The maximum atomic E-state index is 9.83. The van der Waals surface area contributed by atoms with Crippen LogP contribution in [0.2, 0.25) is 0 Å². The average molecular weight is 276 g/mol. The number of ether oxygens (including phenoxy) is 1. The van der Waals surface area contributed by atoms with Gasteiger partial charge in [0, 0.05) is 19.1 Å². The van der Waals surface area contributed by atoms with Gasteiger partial charge in [-0.25, -0.2) is 0 Å². The van der Waals surface area contributed by atoms with Crippen molar-refractivity contribution < 1.29 is 9.84 Å². The predicted molar refractivity (Wildman–Crippen MR) is 78.3 cm³/mol. The third kappa shape index (κ3) is 2.61. The van der Waals surface area contributed by atoms with Crippen LogP contribution in [0.5, 0.6) is 0 Å². The first-order valence-corrected chi connectivity index (χ1v) is 7.54. The highest BCUT2D eigenvalue weighted by atomic mass is 16.5. The van der Waals surface area contributed by atoms with Gasteiger partial charge < -0.3 is 15.6 Å². The minimum atomic E-state index is -0.689. The van der Waals surface area contributed by atoms with Crippen molar-refractivity contribution in [2.24, 2.45) is 5.73 Å². The van der Waals surface area contributed by atoms with E-state index in [-0.39, 0.29) is 6.61 Å². The third-order valence-electron chi connectivity index (χ3n) is 4.71. The van der Waals surface area contributed by atoms with Crippen molar-refractivity contribution in [1.82, 2.24) is 4.90 Å². The van der Waals surface area contributed by atoms with Gasteiger partial charge in [-0.3, -0.25) is 4.90 Å². The summed E-state index contributed by atoms with van der Waals surface area (Å²) < 4.78 is 5.84. The van der Waals surface area contributed by atoms with Crippen LogP contribution in [0, 0.1) is 0 Å². The largest absolute Gasteiger partial charge is 0.394 e. The van der Waals surface area contributed by atoms with Crippen LogP contribution in [0.15, 0.2) is 30.3 Å². The van der Waals surface area contributed by atoms with Gasteiger partial charge in [-0.15, -0.1) is 0 Å². The smallest absolute Gasteiger partial charge is 0.0773 e. The SMILES string of the molecule is NC(CO)(CN1CCOC2CCCC21)c1ccccc1.